The fraction of sp³-hybridized carbons (Fsp3) is 0.600. The Morgan fingerprint density at radius 3 is 2.67 bits per heavy atom. The minimum absolute atomic E-state index is 0.0806. The van der Waals surface area contributed by atoms with Crippen LogP contribution in [0.25, 0.3) is 0 Å². The monoisotopic (exact) mass is 227 g/mol. The normalized spacial score (nSPS) is 14.7. The summed E-state index contributed by atoms with van der Waals surface area (Å²) in [5, 5.41) is 5.21. The van der Waals surface area contributed by atoms with E-state index >= 15 is 0 Å². The first kappa shape index (κ1) is 12.1. The molecule has 1 rings (SSSR count). The van der Waals surface area contributed by atoms with Gasteiger partial charge in [0.15, 0.2) is 0 Å². The van der Waals surface area contributed by atoms with Crippen molar-refractivity contribution >= 4 is 17.2 Å². The Bertz CT molecular complexity index is 310. The molecule has 2 atom stereocenters. The van der Waals surface area contributed by atoms with Gasteiger partial charge in [0.25, 0.3) is 0 Å². The van der Waals surface area contributed by atoms with Gasteiger partial charge < -0.3 is 4.90 Å². The van der Waals surface area contributed by atoms with Crippen LogP contribution in [-0.2, 0) is 4.79 Å². The van der Waals surface area contributed by atoms with Gasteiger partial charge in [-0.05, 0) is 13.8 Å². The zero-order chi connectivity index (χ0) is 11.4. The number of rotatable bonds is 4. The van der Waals surface area contributed by atoms with Crippen LogP contribution in [0.4, 0.5) is 0 Å². The average Bonchev–Trinajstić information content (AvgIpc) is 2.68. The first-order chi connectivity index (χ1) is 7.02. The lowest BCUT2D eigenvalue weighted by Gasteiger charge is -2.21. The van der Waals surface area contributed by atoms with Crippen molar-refractivity contribution in [1.82, 2.24) is 15.2 Å². The molecule has 0 fully saturated rings. The largest absolute Gasteiger partial charge is 0.347 e. The molecule has 0 bridgehead atoms. The summed E-state index contributed by atoms with van der Waals surface area (Å²) < 4.78 is 0. The van der Waals surface area contributed by atoms with E-state index in [4.69, 9.17) is 0 Å². The van der Waals surface area contributed by atoms with Crippen LogP contribution in [0.2, 0.25) is 0 Å². The quantitative estimate of drug-likeness (QED) is 0.842. The highest BCUT2D eigenvalue weighted by atomic mass is 32.1. The van der Waals surface area contributed by atoms with Crippen LogP contribution < -0.4 is 5.32 Å². The maximum absolute atomic E-state index is 11.6. The number of hydrogen-bond donors (Lipinski definition) is 1. The standard InChI is InChI=1S/C10H17N3OS/c1-7(9-5-15-6-11-9)12-8(2)10(14)13(3)4/h5-8,12H,1-4H3. The first-order valence-corrected chi connectivity index (χ1v) is 5.82. The molecule has 15 heavy (non-hydrogen) atoms. The Kier molecular flexibility index (Phi) is 4.23. The minimum atomic E-state index is -0.184. The van der Waals surface area contributed by atoms with E-state index in [1.54, 1.807) is 35.8 Å². The second kappa shape index (κ2) is 5.23. The molecule has 0 aliphatic heterocycles. The molecule has 5 heteroatoms. The van der Waals surface area contributed by atoms with Gasteiger partial charge in [0.05, 0.1) is 17.2 Å². The number of likely N-dealkylation sites (N-methyl/N-ethyl adjacent to an activating group) is 1. The summed E-state index contributed by atoms with van der Waals surface area (Å²) in [5.74, 6) is 0.0806. The Balaban J connectivity index is 2.52. The smallest absolute Gasteiger partial charge is 0.238 e. The molecular formula is C10H17N3OS. The van der Waals surface area contributed by atoms with E-state index in [1.165, 1.54) is 0 Å². The highest BCUT2D eigenvalue weighted by Crippen LogP contribution is 2.12. The molecule has 1 heterocycles. The zero-order valence-corrected chi connectivity index (χ0v) is 10.3. The number of carbonyl (C=O) groups excluding carboxylic acids is 1. The van der Waals surface area contributed by atoms with Crippen LogP contribution in [0.3, 0.4) is 0 Å². The Morgan fingerprint density at radius 2 is 2.20 bits per heavy atom. The Hall–Kier alpha value is -0.940. The molecule has 0 spiro atoms. The van der Waals surface area contributed by atoms with Crippen LogP contribution in [0, 0.1) is 0 Å². The highest BCUT2D eigenvalue weighted by Gasteiger charge is 2.18. The van der Waals surface area contributed by atoms with Crippen molar-refractivity contribution in [3.63, 3.8) is 0 Å². The summed E-state index contributed by atoms with van der Waals surface area (Å²) in [6, 6.07) is -0.0770. The lowest BCUT2D eigenvalue weighted by Crippen LogP contribution is -2.42. The van der Waals surface area contributed by atoms with E-state index in [2.05, 4.69) is 10.3 Å². The van der Waals surface area contributed by atoms with Gasteiger partial charge >= 0.3 is 0 Å². The highest BCUT2D eigenvalue weighted by molar-refractivity contribution is 7.07. The SMILES string of the molecule is CC(NC(C)c1cscn1)C(=O)N(C)C. The number of nitrogens with zero attached hydrogens (tertiary/aromatic N) is 2. The topological polar surface area (TPSA) is 45.2 Å². The van der Waals surface area contributed by atoms with Gasteiger partial charge in [-0.25, -0.2) is 4.98 Å². The van der Waals surface area contributed by atoms with E-state index in [0.29, 0.717) is 0 Å². The third kappa shape index (κ3) is 3.28. The number of carbonyl (C=O) groups is 1. The maximum atomic E-state index is 11.6. The van der Waals surface area contributed by atoms with E-state index in [1.807, 2.05) is 19.2 Å². The first-order valence-electron chi connectivity index (χ1n) is 4.87. The van der Waals surface area contributed by atoms with Crippen molar-refractivity contribution in [1.29, 1.82) is 0 Å². The summed E-state index contributed by atoms with van der Waals surface area (Å²) in [4.78, 5) is 17.4. The second-order valence-electron chi connectivity index (χ2n) is 3.76. The number of nitrogens with one attached hydrogen (secondary N) is 1. The molecule has 0 saturated carbocycles. The number of amides is 1. The van der Waals surface area contributed by atoms with Gasteiger partial charge in [-0.3, -0.25) is 10.1 Å². The van der Waals surface area contributed by atoms with Gasteiger partial charge in [-0.2, -0.15) is 0 Å². The predicted molar refractivity (Wildman–Crippen MR) is 61.8 cm³/mol. The lowest BCUT2D eigenvalue weighted by atomic mass is 10.2. The molecule has 2 unspecified atom stereocenters. The van der Waals surface area contributed by atoms with E-state index < -0.39 is 0 Å². The fourth-order valence-corrected chi connectivity index (χ4v) is 2.00. The fourth-order valence-electron chi connectivity index (χ4n) is 1.35. The third-order valence-electron chi connectivity index (χ3n) is 2.21. The van der Waals surface area contributed by atoms with Crippen LogP contribution in [0.5, 0.6) is 0 Å². The molecule has 1 N–H and O–H groups in total. The van der Waals surface area contributed by atoms with Crippen LogP contribution in [-0.4, -0.2) is 35.9 Å². The maximum Gasteiger partial charge on any atom is 0.238 e. The van der Waals surface area contributed by atoms with Gasteiger partial charge in [-0.1, -0.05) is 0 Å². The third-order valence-corrected chi connectivity index (χ3v) is 2.81. The van der Waals surface area contributed by atoms with Gasteiger partial charge in [0.2, 0.25) is 5.91 Å². The van der Waals surface area contributed by atoms with Crippen LogP contribution in [0.1, 0.15) is 25.6 Å². The summed E-state index contributed by atoms with van der Waals surface area (Å²) >= 11 is 1.56. The van der Waals surface area contributed by atoms with Crippen molar-refractivity contribution in [3.8, 4) is 0 Å². The Labute approximate surface area is 94.3 Å². The van der Waals surface area contributed by atoms with Crippen LogP contribution >= 0.6 is 11.3 Å². The van der Waals surface area contributed by atoms with Crippen molar-refractivity contribution < 1.29 is 4.79 Å². The summed E-state index contributed by atoms with van der Waals surface area (Å²) in [7, 11) is 3.52. The molecule has 84 valence electrons. The average molecular weight is 227 g/mol. The lowest BCUT2D eigenvalue weighted by molar-refractivity contribution is -0.130. The molecule has 4 nitrogen and oxygen atoms in total. The number of thiazole rings is 1. The molecule has 1 aromatic rings. The molecule has 0 radical (unpaired) electrons. The zero-order valence-electron chi connectivity index (χ0n) is 9.52. The molecular weight excluding hydrogens is 210 g/mol. The molecule has 0 aliphatic rings. The van der Waals surface area contributed by atoms with Crippen molar-refractivity contribution in [2.45, 2.75) is 25.9 Å². The minimum Gasteiger partial charge on any atom is -0.347 e. The Morgan fingerprint density at radius 1 is 1.53 bits per heavy atom. The molecule has 0 saturated heterocycles. The summed E-state index contributed by atoms with van der Waals surface area (Å²) in [5.41, 5.74) is 2.78. The van der Waals surface area contributed by atoms with Crippen LogP contribution in [0.15, 0.2) is 10.9 Å². The molecule has 0 aromatic carbocycles. The van der Waals surface area contributed by atoms with Crippen molar-refractivity contribution in [3.05, 3.63) is 16.6 Å². The van der Waals surface area contributed by atoms with E-state index in [-0.39, 0.29) is 18.0 Å². The summed E-state index contributed by atoms with van der Waals surface area (Å²) in [6.45, 7) is 3.87. The molecule has 1 amide bonds. The number of aromatic nitrogens is 1. The van der Waals surface area contributed by atoms with Gasteiger partial charge in [-0.15, -0.1) is 11.3 Å². The van der Waals surface area contributed by atoms with Gasteiger partial charge in [0.1, 0.15) is 0 Å². The second-order valence-corrected chi connectivity index (χ2v) is 4.47. The predicted octanol–water partition coefficient (Wildman–Crippen LogP) is 1.27. The van der Waals surface area contributed by atoms with E-state index in [0.717, 1.165) is 5.69 Å². The van der Waals surface area contributed by atoms with E-state index in [9.17, 15) is 4.79 Å². The molecule has 0 aliphatic carbocycles. The van der Waals surface area contributed by atoms with Crippen molar-refractivity contribution in [2.75, 3.05) is 14.1 Å². The number of hydrogen-bond acceptors (Lipinski definition) is 4. The van der Waals surface area contributed by atoms with Crippen molar-refractivity contribution in [2.24, 2.45) is 0 Å². The molecule has 1 aromatic heterocycles. The summed E-state index contributed by atoms with van der Waals surface area (Å²) in [6.07, 6.45) is 0. The van der Waals surface area contributed by atoms with Gasteiger partial charge in [0, 0.05) is 25.5 Å².